The highest BCUT2D eigenvalue weighted by atomic mass is 16.6. The van der Waals surface area contributed by atoms with Crippen molar-refractivity contribution in [2.45, 2.75) is 25.7 Å². The second-order valence-electron chi connectivity index (χ2n) is 18.3. The molecule has 79 heavy (non-hydrogen) atoms. The number of hydrogen-bond acceptors (Lipinski definition) is 19. The summed E-state index contributed by atoms with van der Waals surface area (Å²) >= 11 is 0. The maximum absolute atomic E-state index is 11.5. The molecular weight excluding hydrogens is 1020 g/mol. The Bertz CT molecular complexity index is 2750. The lowest BCUT2D eigenvalue weighted by Gasteiger charge is -2.23. The molecule has 0 amide bonds. The van der Waals surface area contributed by atoms with E-state index >= 15 is 0 Å². The Balaban J connectivity index is 1.24. The topological polar surface area (TPSA) is 237 Å². The average molecular weight is 1080 g/mol. The molecule has 6 aromatic rings. The van der Waals surface area contributed by atoms with E-state index in [1.54, 1.807) is 24.3 Å². The van der Waals surface area contributed by atoms with E-state index in [1.165, 1.54) is 24.3 Å². The largest absolute Gasteiger partial charge is 0.491 e. The molecule has 21 nitrogen and oxygen atoms in total. The number of ether oxygens (including phenoxy) is 11. The van der Waals surface area contributed by atoms with Gasteiger partial charge < -0.3 is 52.1 Å². The van der Waals surface area contributed by atoms with Crippen LogP contribution in [0.2, 0.25) is 0 Å². The van der Waals surface area contributed by atoms with Crippen molar-refractivity contribution in [2.75, 3.05) is 119 Å². The van der Waals surface area contributed by atoms with Crippen LogP contribution >= 0.6 is 0 Å². The average Bonchev–Trinajstić information content (AvgIpc) is 3.51. The molecule has 414 valence electrons. The zero-order chi connectivity index (χ0) is 54.4. The van der Waals surface area contributed by atoms with Crippen molar-refractivity contribution in [1.82, 2.24) is 0 Å². The molecule has 3 aliphatic rings. The quantitative estimate of drug-likeness (QED) is 0.0855. The zero-order valence-electron chi connectivity index (χ0n) is 43.8. The molecule has 2 aliphatic heterocycles. The Kier molecular flexibility index (Phi) is 20.7. The van der Waals surface area contributed by atoms with Gasteiger partial charge >= 0.3 is 0 Å². The normalized spacial score (nSPS) is 16.9. The molecular formula is C58H62N6O15. The van der Waals surface area contributed by atoms with Gasteiger partial charge in [0.05, 0.1) is 125 Å². The fraction of sp³-hybridized carbons (Fsp3) is 0.379. The molecule has 0 N–H and O–H groups in total. The second-order valence-corrected chi connectivity index (χ2v) is 18.3. The fourth-order valence-electron chi connectivity index (χ4n) is 9.14. The van der Waals surface area contributed by atoms with Gasteiger partial charge in [-0.3, -0.25) is 20.2 Å². The predicted octanol–water partition coefficient (Wildman–Crippen LogP) is 10.7. The van der Waals surface area contributed by atoms with E-state index in [4.69, 9.17) is 62.3 Å². The summed E-state index contributed by atoms with van der Waals surface area (Å²) in [7, 11) is 0. The van der Waals surface area contributed by atoms with Gasteiger partial charge in [-0.1, -0.05) is 36.4 Å². The number of hydrogen-bond donors (Lipinski definition) is 0. The van der Waals surface area contributed by atoms with E-state index in [1.807, 2.05) is 60.7 Å². The Labute approximate surface area is 456 Å². The summed E-state index contributed by atoms with van der Waals surface area (Å²) in [6.45, 7) is 5.60. The molecule has 0 radical (unpaired) electrons. The van der Waals surface area contributed by atoms with Crippen molar-refractivity contribution in [3.05, 3.63) is 174 Å². The van der Waals surface area contributed by atoms with Gasteiger partial charge in [0.1, 0.15) is 49.4 Å². The van der Waals surface area contributed by atoms with Crippen LogP contribution < -0.4 is 18.9 Å². The van der Waals surface area contributed by atoms with E-state index in [-0.39, 0.29) is 64.2 Å². The first-order chi connectivity index (χ1) is 38.8. The Morgan fingerprint density at radius 2 is 0.519 bits per heavy atom. The Morgan fingerprint density at radius 1 is 0.291 bits per heavy atom. The summed E-state index contributed by atoms with van der Waals surface area (Å²) in [6.07, 6.45) is 1.25. The van der Waals surface area contributed by atoms with Crippen LogP contribution in [0.3, 0.4) is 0 Å². The number of benzene rings is 6. The van der Waals surface area contributed by atoms with Crippen molar-refractivity contribution in [3.63, 3.8) is 0 Å². The SMILES string of the molecule is O=[N+]([O-])c1ccc(N=Nc2cc3c4c(c2)Cc2cccc5c2OCCOCCOCCOCCOCCOc2c(cccc2Cc2cc(N=Nc6ccc([N+](=O)[O-])cc6)cc(c2OCCOCCOCCOCCO4)C5)C3)cc1. The van der Waals surface area contributed by atoms with Crippen LogP contribution in [0.4, 0.5) is 34.1 Å². The molecule has 9 rings (SSSR count). The first-order valence-electron chi connectivity index (χ1n) is 26.3. The number of non-ortho nitro benzene ring substituents is 2. The standard InChI is InChI=1S/C58H62N6O15/c65-63(66)53-11-7-49(8-12-53)59-61-51-37-45-33-41-3-1-4-42-34-46-38-52(62-60-50-9-13-54(14-10-50)64(67)68)40-48-36-44-6-2-5-43(56(44)77-30-26-73-22-18-70-16-15-69-17-21-72-25-29-76-55(41)42)35-47(39-51)57(45)78-31-27-74-23-19-71-20-24-75-28-32-79-58(46)48/h1-14,37-40H,15-36H2. The summed E-state index contributed by atoms with van der Waals surface area (Å²) in [5.74, 6) is 2.50. The lowest BCUT2D eigenvalue weighted by molar-refractivity contribution is -0.385. The molecule has 0 unspecified atom stereocenters. The van der Waals surface area contributed by atoms with Crippen LogP contribution in [-0.2, 0) is 58.8 Å². The predicted molar refractivity (Wildman–Crippen MR) is 289 cm³/mol. The van der Waals surface area contributed by atoms with Crippen LogP contribution in [-0.4, -0.2) is 129 Å². The Hall–Kier alpha value is -7.76. The highest BCUT2D eigenvalue weighted by Crippen LogP contribution is 2.42. The number of azo groups is 2. The van der Waals surface area contributed by atoms with Crippen LogP contribution in [0.5, 0.6) is 23.0 Å². The molecule has 2 heterocycles. The maximum atomic E-state index is 11.5. The zero-order valence-corrected chi connectivity index (χ0v) is 43.8. The van der Waals surface area contributed by atoms with Gasteiger partial charge in [-0.25, -0.2) is 0 Å². The van der Waals surface area contributed by atoms with Gasteiger partial charge in [-0.2, -0.15) is 20.5 Å². The van der Waals surface area contributed by atoms with Gasteiger partial charge in [-0.15, -0.1) is 0 Å². The van der Waals surface area contributed by atoms with Gasteiger partial charge in [-0.05, 0) is 70.8 Å². The monoisotopic (exact) mass is 1080 g/mol. The van der Waals surface area contributed by atoms with E-state index in [0.29, 0.717) is 137 Å². The number of para-hydroxylation sites is 2. The van der Waals surface area contributed by atoms with Crippen molar-refractivity contribution in [1.29, 1.82) is 0 Å². The van der Waals surface area contributed by atoms with Gasteiger partial charge in [0, 0.05) is 72.2 Å². The van der Waals surface area contributed by atoms with Crippen LogP contribution in [0.25, 0.3) is 0 Å². The lowest BCUT2D eigenvalue weighted by atomic mass is 9.90. The fourth-order valence-corrected chi connectivity index (χ4v) is 9.14. The third kappa shape index (κ3) is 16.4. The van der Waals surface area contributed by atoms with Crippen LogP contribution in [0.1, 0.15) is 44.5 Å². The number of nitro benzene ring substituents is 2. The Morgan fingerprint density at radius 3 is 0.772 bits per heavy atom. The maximum Gasteiger partial charge on any atom is 0.269 e. The van der Waals surface area contributed by atoms with E-state index in [0.717, 1.165) is 44.5 Å². The first kappa shape index (κ1) is 56.0. The highest BCUT2D eigenvalue weighted by molar-refractivity contribution is 5.62. The molecule has 6 aromatic carbocycles. The van der Waals surface area contributed by atoms with Gasteiger partial charge in [0.25, 0.3) is 11.4 Å². The van der Waals surface area contributed by atoms with E-state index < -0.39 is 9.85 Å². The lowest BCUT2D eigenvalue weighted by Crippen LogP contribution is -2.16. The molecule has 0 atom stereocenters. The molecule has 1 aliphatic carbocycles. The third-order valence-electron chi connectivity index (χ3n) is 12.8. The summed E-state index contributed by atoms with van der Waals surface area (Å²) in [5.41, 5.74) is 8.26. The number of rotatable bonds is 6. The summed E-state index contributed by atoms with van der Waals surface area (Å²) < 4.78 is 68.7. The van der Waals surface area contributed by atoms with Crippen molar-refractivity contribution >= 4 is 34.1 Å². The van der Waals surface area contributed by atoms with Crippen LogP contribution in [0.15, 0.2) is 130 Å². The van der Waals surface area contributed by atoms with Crippen molar-refractivity contribution < 1.29 is 62.0 Å². The number of nitro groups is 2. The van der Waals surface area contributed by atoms with Crippen molar-refractivity contribution in [3.8, 4) is 23.0 Å². The first-order valence-corrected chi connectivity index (χ1v) is 26.3. The minimum atomic E-state index is -0.458. The smallest absolute Gasteiger partial charge is 0.269 e. The summed E-state index contributed by atoms with van der Waals surface area (Å²) in [4.78, 5) is 22.1. The summed E-state index contributed by atoms with van der Waals surface area (Å²) in [5, 5.41) is 41.5. The second kappa shape index (κ2) is 29.3. The molecule has 0 spiro atoms. The molecule has 0 saturated carbocycles. The number of nitrogens with zero attached hydrogens (tertiary/aromatic N) is 6. The molecule has 21 heteroatoms. The minimum Gasteiger partial charge on any atom is -0.491 e. The summed E-state index contributed by atoms with van der Waals surface area (Å²) in [6, 6.07) is 31.6. The van der Waals surface area contributed by atoms with Gasteiger partial charge in [0.15, 0.2) is 0 Å². The van der Waals surface area contributed by atoms with E-state index in [9.17, 15) is 20.2 Å². The third-order valence-corrected chi connectivity index (χ3v) is 12.8. The molecule has 0 saturated heterocycles. The van der Waals surface area contributed by atoms with Gasteiger partial charge in [0.2, 0.25) is 0 Å². The molecule has 0 fully saturated rings. The highest BCUT2D eigenvalue weighted by Gasteiger charge is 2.24. The molecule has 0 aromatic heterocycles. The minimum absolute atomic E-state index is 0.0575. The molecule has 12 bridgehead atoms. The van der Waals surface area contributed by atoms with E-state index in [2.05, 4.69) is 10.2 Å². The van der Waals surface area contributed by atoms with Crippen molar-refractivity contribution in [2.24, 2.45) is 20.5 Å². The van der Waals surface area contributed by atoms with Crippen LogP contribution in [0, 0.1) is 20.2 Å².